The van der Waals surface area contributed by atoms with E-state index in [1.807, 2.05) is 61.5 Å². The smallest absolute Gasteiger partial charge is 0.276 e. The second-order valence-electron chi connectivity index (χ2n) is 9.27. The average molecular weight is 468 g/mol. The molecule has 0 fully saturated rings. The van der Waals surface area contributed by atoms with E-state index in [0.29, 0.717) is 27.8 Å². The molecule has 0 saturated carbocycles. The predicted molar refractivity (Wildman–Crippen MR) is 137 cm³/mol. The van der Waals surface area contributed by atoms with Crippen molar-refractivity contribution in [3.63, 3.8) is 0 Å². The molecular formula is C27H25N5O3. The van der Waals surface area contributed by atoms with Gasteiger partial charge in [0.15, 0.2) is 5.69 Å². The average Bonchev–Trinajstić information content (AvgIpc) is 3.17. The van der Waals surface area contributed by atoms with Crippen molar-refractivity contribution >= 4 is 33.3 Å². The van der Waals surface area contributed by atoms with Crippen LogP contribution in [0.15, 0.2) is 71.5 Å². The molecular weight excluding hydrogens is 442 g/mol. The molecule has 0 bridgehead atoms. The lowest BCUT2D eigenvalue weighted by molar-refractivity contribution is 0.0588. The van der Waals surface area contributed by atoms with E-state index in [1.54, 1.807) is 30.7 Å². The summed E-state index contributed by atoms with van der Waals surface area (Å²) in [7, 11) is 0. The normalized spacial score (nSPS) is 11.8. The number of hydrogen-bond donors (Lipinski definition) is 3. The molecule has 0 saturated heterocycles. The summed E-state index contributed by atoms with van der Waals surface area (Å²) in [4.78, 5) is 25.3. The van der Waals surface area contributed by atoms with Crippen LogP contribution in [-0.4, -0.2) is 36.6 Å². The van der Waals surface area contributed by atoms with Gasteiger partial charge in [0.05, 0.1) is 28.7 Å². The van der Waals surface area contributed by atoms with Crippen LogP contribution in [0, 0.1) is 6.92 Å². The van der Waals surface area contributed by atoms with Crippen LogP contribution in [0.25, 0.3) is 32.9 Å². The maximum atomic E-state index is 13.2. The van der Waals surface area contributed by atoms with Crippen LogP contribution in [0.3, 0.4) is 0 Å². The van der Waals surface area contributed by atoms with Crippen molar-refractivity contribution in [2.45, 2.75) is 32.9 Å². The van der Waals surface area contributed by atoms with Gasteiger partial charge in [-0.25, -0.2) is 5.10 Å². The Balaban J connectivity index is 1.48. The van der Waals surface area contributed by atoms with Gasteiger partial charge in [0, 0.05) is 22.0 Å². The summed E-state index contributed by atoms with van der Waals surface area (Å²) in [5.41, 5.74) is 2.90. The van der Waals surface area contributed by atoms with Gasteiger partial charge in [0.25, 0.3) is 11.5 Å². The van der Waals surface area contributed by atoms with Gasteiger partial charge in [-0.2, -0.15) is 10.2 Å². The van der Waals surface area contributed by atoms with E-state index in [-0.39, 0.29) is 18.0 Å². The molecule has 8 nitrogen and oxygen atoms in total. The molecule has 3 N–H and O–H groups in total. The van der Waals surface area contributed by atoms with E-state index >= 15 is 0 Å². The number of aromatic amines is 1. The SMILES string of the molecule is Cc1cc(NC(=O)c2nn(CC(C)(C)O)c3ccccc23)ccc1-c1n[nH]c(=O)c2ccccc12. The van der Waals surface area contributed by atoms with Crippen LogP contribution in [0.4, 0.5) is 5.69 Å². The first-order valence-corrected chi connectivity index (χ1v) is 11.3. The monoisotopic (exact) mass is 467 g/mol. The number of rotatable bonds is 5. The number of hydrogen-bond acceptors (Lipinski definition) is 5. The molecule has 0 aliphatic heterocycles. The summed E-state index contributed by atoms with van der Waals surface area (Å²) in [6.45, 7) is 5.59. The zero-order valence-electron chi connectivity index (χ0n) is 19.7. The zero-order chi connectivity index (χ0) is 24.7. The number of carbonyl (C=O) groups is 1. The summed E-state index contributed by atoms with van der Waals surface area (Å²) in [5.74, 6) is -0.338. The number of para-hydroxylation sites is 1. The molecule has 2 heterocycles. The topological polar surface area (TPSA) is 113 Å². The Morgan fingerprint density at radius 1 is 1.03 bits per heavy atom. The van der Waals surface area contributed by atoms with Crippen LogP contribution in [0.1, 0.15) is 29.9 Å². The summed E-state index contributed by atoms with van der Waals surface area (Å²) in [6, 6.07) is 20.3. The second-order valence-corrected chi connectivity index (χ2v) is 9.27. The van der Waals surface area contributed by atoms with E-state index in [0.717, 1.165) is 22.0 Å². The van der Waals surface area contributed by atoms with E-state index in [4.69, 9.17) is 0 Å². The summed E-state index contributed by atoms with van der Waals surface area (Å²) >= 11 is 0. The molecule has 176 valence electrons. The van der Waals surface area contributed by atoms with Gasteiger partial charge in [0.1, 0.15) is 0 Å². The van der Waals surface area contributed by atoms with Gasteiger partial charge in [0.2, 0.25) is 0 Å². The molecule has 0 atom stereocenters. The number of benzene rings is 3. The number of fused-ring (bicyclic) bond motifs is 2. The van der Waals surface area contributed by atoms with Crippen molar-refractivity contribution in [2.75, 3.05) is 5.32 Å². The van der Waals surface area contributed by atoms with Gasteiger partial charge in [-0.05, 0) is 50.6 Å². The Kier molecular flexibility index (Phi) is 5.45. The first-order chi connectivity index (χ1) is 16.7. The molecule has 5 aromatic rings. The number of carbonyl (C=O) groups excluding carboxylic acids is 1. The third kappa shape index (κ3) is 4.31. The molecule has 8 heteroatoms. The Hall–Kier alpha value is -4.30. The standard InChI is InChI=1S/C27H25N5O3/c1-16-14-17(12-13-18(16)23-19-8-4-5-9-20(19)25(33)30-29-23)28-26(34)24-21-10-6-7-11-22(21)32(31-24)15-27(2,3)35/h4-14,35H,15H2,1-3H3,(H,28,34)(H,30,33). The number of nitrogens with one attached hydrogen (secondary N) is 2. The third-order valence-electron chi connectivity index (χ3n) is 5.85. The number of aliphatic hydroxyl groups is 1. The minimum Gasteiger partial charge on any atom is -0.389 e. The number of aryl methyl sites for hydroxylation is 1. The van der Waals surface area contributed by atoms with Crippen LogP contribution < -0.4 is 10.9 Å². The van der Waals surface area contributed by atoms with Crippen molar-refractivity contribution in [1.82, 2.24) is 20.0 Å². The van der Waals surface area contributed by atoms with Crippen molar-refractivity contribution < 1.29 is 9.90 Å². The lowest BCUT2D eigenvalue weighted by Crippen LogP contribution is -2.27. The molecule has 0 spiro atoms. The van der Waals surface area contributed by atoms with E-state index in [2.05, 4.69) is 20.6 Å². The summed E-state index contributed by atoms with van der Waals surface area (Å²) in [5, 5.41) is 26.6. The van der Waals surface area contributed by atoms with Crippen molar-refractivity contribution in [3.05, 3.63) is 88.3 Å². The van der Waals surface area contributed by atoms with E-state index in [1.165, 1.54) is 0 Å². The fraction of sp³-hybridized carbons (Fsp3) is 0.185. The third-order valence-corrected chi connectivity index (χ3v) is 5.85. The van der Waals surface area contributed by atoms with Gasteiger partial charge in [-0.1, -0.05) is 42.5 Å². The lowest BCUT2D eigenvalue weighted by Gasteiger charge is -2.17. The maximum Gasteiger partial charge on any atom is 0.276 e. The van der Waals surface area contributed by atoms with Crippen LogP contribution in [0.5, 0.6) is 0 Å². The Bertz CT molecular complexity index is 1640. The summed E-state index contributed by atoms with van der Waals surface area (Å²) in [6.07, 6.45) is 0. The Morgan fingerprint density at radius 3 is 2.43 bits per heavy atom. The first kappa shape index (κ1) is 22.5. The lowest BCUT2D eigenvalue weighted by atomic mass is 10.0. The highest BCUT2D eigenvalue weighted by molar-refractivity contribution is 6.11. The molecule has 3 aromatic carbocycles. The molecule has 0 aliphatic carbocycles. The minimum absolute atomic E-state index is 0.234. The number of nitrogens with zero attached hydrogens (tertiary/aromatic N) is 3. The van der Waals surface area contributed by atoms with Crippen LogP contribution in [-0.2, 0) is 6.54 Å². The highest BCUT2D eigenvalue weighted by Gasteiger charge is 2.21. The molecule has 35 heavy (non-hydrogen) atoms. The maximum absolute atomic E-state index is 13.2. The highest BCUT2D eigenvalue weighted by atomic mass is 16.3. The highest BCUT2D eigenvalue weighted by Crippen LogP contribution is 2.29. The molecule has 0 unspecified atom stereocenters. The predicted octanol–water partition coefficient (Wildman–Crippen LogP) is 4.27. The molecule has 0 aliphatic rings. The molecule has 2 aromatic heterocycles. The van der Waals surface area contributed by atoms with E-state index in [9.17, 15) is 14.7 Å². The number of amides is 1. The first-order valence-electron chi connectivity index (χ1n) is 11.3. The van der Waals surface area contributed by atoms with Crippen molar-refractivity contribution in [2.24, 2.45) is 0 Å². The van der Waals surface area contributed by atoms with Gasteiger partial charge >= 0.3 is 0 Å². The Morgan fingerprint density at radius 2 is 1.71 bits per heavy atom. The molecule has 0 radical (unpaired) electrons. The fourth-order valence-electron chi connectivity index (χ4n) is 4.30. The number of H-pyrrole nitrogens is 1. The molecule has 5 rings (SSSR count). The van der Waals surface area contributed by atoms with Gasteiger partial charge in [-0.15, -0.1) is 0 Å². The van der Waals surface area contributed by atoms with Crippen LogP contribution >= 0.6 is 0 Å². The van der Waals surface area contributed by atoms with Gasteiger partial charge in [-0.3, -0.25) is 14.3 Å². The van der Waals surface area contributed by atoms with Gasteiger partial charge < -0.3 is 10.4 Å². The summed E-state index contributed by atoms with van der Waals surface area (Å²) < 4.78 is 1.66. The molecule has 1 amide bonds. The number of anilines is 1. The minimum atomic E-state index is -0.977. The zero-order valence-corrected chi connectivity index (χ0v) is 19.7. The quantitative estimate of drug-likeness (QED) is 0.357. The number of aromatic nitrogens is 4. The second kappa shape index (κ2) is 8.48. The fourth-order valence-corrected chi connectivity index (χ4v) is 4.30. The van der Waals surface area contributed by atoms with Crippen molar-refractivity contribution in [3.8, 4) is 11.3 Å². The van der Waals surface area contributed by atoms with E-state index < -0.39 is 5.60 Å². The van der Waals surface area contributed by atoms with Crippen molar-refractivity contribution in [1.29, 1.82) is 0 Å². The van der Waals surface area contributed by atoms with Crippen LogP contribution in [0.2, 0.25) is 0 Å². The Labute approximate surface area is 201 Å². The largest absolute Gasteiger partial charge is 0.389 e.